The summed E-state index contributed by atoms with van der Waals surface area (Å²) in [6.07, 6.45) is 1.12. The highest BCUT2D eigenvalue weighted by Gasteiger charge is 2.39. The van der Waals surface area contributed by atoms with Crippen LogP contribution in [0.5, 0.6) is 0 Å². The van der Waals surface area contributed by atoms with Gasteiger partial charge in [0.25, 0.3) is 0 Å². The van der Waals surface area contributed by atoms with Crippen LogP contribution in [0.4, 0.5) is 13.2 Å². The first-order valence-electron chi connectivity index (χ1n) is 7.02. The van der Waals surface area contributed by atoms with E-state index in [0.29, 0.717) is 12.5 Å². The van der Waals surface area contributed by atoms with Gasteiger partial charge in [-0.1, -0.05) is 13.3 Å². The Kier molecular flexibility index (Phi) is 4.54. The number of hydrogen-bond donors (Lipinski definition) is 1. The third-order valence-corrected chi connectivity index (χ3v) is 4.08. The van der Waals surface area contributed by atoms with Crippen LogP contribution in [0.1, 0.15) is 39.0 Å². The summed E-state index contributed by atoms with van der Waals surface area (Å²) in [6, 6.07) is 0.419. The lowest BCUT2D eigenvalue weighted by Crippen LogP contribution is -2.48. The van der Waals surface area contributed by atoms with E-state index in [1.807, 2.05) is 0 Å². The van der Waals surface area contributed by atoms with E-state index in [1.165, 1.54) is 0 Å². The van der Waals surface area contributed by atoms with Gasteiger partial charge >= 0.3 is 6.18 Å². The average Bonchev–Trinajstić information content (AvgIpc) is 3.10. The second-order valence-electron chi connectivity index (χ2n) is 5.73. The summed E-state index contributed by atoms with van der Waals surface area (Å²) in [6.45, 7) is 2.93. The summed E-state index contributed by atoms with van der Waals surface area (Å²) in [5.74, 6) is 0.684. The third-order valence-electron chi connectivity index (χ3n) is 4.08. The molecule has 1 saturated carbocycles. The van der Waals surface area contributed by atoms with Crippen molar-refractivity contribution in [2.45, 2.75) is 57.3 Å². The molecule has 1 saturated heterocycles. The van der Waals surface area contributed by atoms with E-state index in [4.69, 9.17) is 0 Å². The van der Waals surface area contributed by atoms with E-state index in [1.54, 1.807) is 4.90 Å². The van der Waals surface area contributed by atoms with Crippen molar-refractivity contribution >= 4 is 0 Å². The van der Waals surface area contributed by atoms with E-state index >= 15 is 0 Å². The first kappa shape index (κ1) is 14.1. The van der Waals surface area contributed by atoms with Gasteiger partial charge in [0.15, 0.2) is 0 Å². The standard InChI is InChI=1S/C13H23F3N2/c1-2-10-5-6-17-11(7-10)8-18(12-3-4-12)9-13(14,15)16/h10-12,17H,2-9H2,1H3. The molecule has 2 aliphatic rings. The highest BCUT2D eigenvalue weighted by atomic mass is 19.4. The topological polar surface area (TPSA) is 15.3 Å². The fourth-order valence-corrected chi connectivity index (χ4v) is 2.90. The smallest absolute Gasteiger partial charge is 0.313 e. The molecule has 5 heteroatoms. The SMILES string of the molecule is CCC1CCNC(CN(CC(F)(F)F)C2CC2)C1. The van der Waals surface area contributed by atoms with E-state index < -0.39 is 12.7 Å². The zero-order chi connectivity index (χ0) is 13.2. The van der Waals surface area contributed by atoms with Crippen LogP contribution in [0.3, 0.4) is 0 Å². The van der Waals surface area contributed by atoms with Gasteiger partial charge in [-0.2, -0.15) is 13.2 Å². The van der Waals surface area contributed by atoms with Crippen molar-refractivity contribution in [3.05, 3.63) is 0 Å². The fraction of sp³-hybridized carbons (Fsp3) is 1.00. The average molecular weight is 264 g/mol. The number of alkyl halides is 3. The Balaban J connectivity index is 1.84. The molecule has 2 fully saturated rings. The van der Waals surface area contributed by atoms with Gasteiger partial charge in [-0.3, -0.25) is 4.90 Å². The van der Waals surface area contributed by atoms with E-state index in [0.717, 1.165) is 38.6 Å². The minimum absolute atomic E-state index is 0.176. The maximum atomic E-state index is 12.5. The molecule has 0 radical (unpaired) electrons. The predicted molar refractivity (Wildman–Crippen MR) is 65.5 cm³/mol. The molecule has 0 aromatic heterocycles. The van der Waals surface area contributed by atoms with Crippen LogP contribution >= 0.6 is 0 Å². The Hall–Kier alpha value is -0.290. The molecule has 0 spiro atoms. The van der Waals surface area contributed by atoms with E-state index in [2.05, 4.69) is 12.2 Å². The van der Waals surface area contributed by atoms with Gasteiger partial charge in [-0.15, -0.1) is 0 Å². The Morgan fingerprint density at radius 1 is 1.22 bits per heavy atom. The van der Waals surface area contributed by atoms with Crippen LogP contribution in [-0.4, -0.2) is 42.8 Å². The quantitative estimate of drug-likeness (QED) is 0.821. The van der Waals surface area contributed by atoms with Gasteiger partial charge in [-0.05, 0) is 38.1 Å². The third kappa shape index (κ3) is 4.43. The fourth-order valence-electron chi connectivity index (χ4n) is 2.90. The van der Waals surface area contributed by atoms with Crippen LogP contribution in [0.25, 0.3) is 0 Å². The van der Waals surface area contributed by atoms with E-state index in [9.17, 15) is 13.2 Å². The van der Waals surface area contributed by atoms with Crippen molar-refractivity contribution in [3.8, 4) is 0 Å². The van der Waals surface area contributed by atoms with Crippen molar-refractivity contribution in [2.24, 2.45) is 5.92 Å². The maximum absolute atomic E-state index is 12.5. The maximum Gasteiger partial charge on any atom is 0.401 e. The number of piperidine rings is 1. The minimum Gasteiger partial charge on any atom is -0.313 e. The first-order valence-corrected chi connectivity index (χ1v) is 7.02. The van der Waals surface area contributed by atoms with Crippen LogP contribution < -0.4 is 5.32 Å². The number of rotatable bonds is 5. The van der Waals surface area contributed by atoms with Gasteiger partial charge < -0.3 is 5.32 Å². The summed E-state index contributed by atoms with van der Waals surface area (Å²) in [7, 11) is 0. The summed E-state index contributed by atoms with van der Waals surface area (Å²) in [5.41, 5.74) is 0. The van der Waals surface area contributed by atoms with Crippen molar-refractivity contribution in [1.29, 1.82) is 0 Å². The largest absolute Gasteiger partial charge is 0.401 e. The zero-order valence-corrected chi connectivity index (χ0v) is 11.0. The summed E-state index contributed by atoms with van der Waals surface area (Å²) in [4.78, 5) is 1.63. The molecule has 0 amide bonds. The van der Waals surface area contributed by atoms with Crippen LogP contribution in [-0.2, 0) is 0 Å². The monoisotopic (exact) mass is 264 g/mol. The predicted octanol–water partition coefficient (Wildman–Crippen LogP) is 2.79. The number of nitrogens with zero attached hydrogens (tertiary/aromatic N) is 1. The lowest BCUT2D eigenvalue weighted by Gasteiger charge is -2.34. The second kappa shape index (κ2) is 5.78. The highest BCUT2D eigenvalue weighted by Crippen LogP contribution is 2.31. The van der Waals surface area contributed by atoms with Crippen LogP contribution in [0, 0.1) is 5.92 Å². The molecule has 2 unspecified atom stereocenters. The number of halogens is 3. The molecular weight excluding hydrogens is 241 g/mol. The summed E-state index contributed by atoms with van der Waals surface area (Å²) in [5, 5.41) is 3.37. The van der Waals surface area contributed by atoms with E-state index in [-0.39, 0.29) is 12.1 Å². The molecule has 0 aromatic carbocycles. The Bertz CT molecular complexity index is 263. The molecule has 1 N–H and O–H groups in total. The Morgan fingerprint density at radius 3 is 2.50 bits per heavy atom. The molecular formula is C13H23F3N2. The van der Waals surface area contributed by atoms with Crippen molar-refractivity contribution < 1.29 is 13.2 Å². The van der Waals surface area contributed by atoms with Crippen molar-refractivity contribution in [3.63, 3.8) is 0 Å². The molecule has 0 aromatic rings. The molecule has 2 rings (SSSR count). The van der Waals surface area contributed by atoms with Crippen molar-refractivity contribution in [2.75, 3.05) is 19.6 Å². The molecule has 1 aliphatic heterocycles. The molecule has 1 heterocycles. The van der Waals surface area contributed by atoms with Gasteiger partial charge in [0.2, 0.25) is 0 Å². The molecule has 0 bridgehead atoms. The van der Waals surface area contributed by atoms with Gasteiger partial charge in [0.05, 0.1) is 6.54 Å². The molecule has 18 heavy (non-hydrogen) atoms. The van der Waals surface area contributed by atoms with Crippen molar-refractivity contribution in [1.82, 2.24) is 10.2 Å². The van der Waals surface area contributed by atoms with Gasteiger partial charge in [0, 0.05) is 18.6 Å². The summed E-state index contributed by atoms with van der Waals surface area (Å²) < 4.78 is 37.6. The van der Waals surface area contributed by atoms with Gasteiger partial charge in [0.1, 0.15) is 0 Å². The molecule has 2 atom stereocenters. The Morgan fingerprint density at radius 2 is 1.94 bits per heavy atom. The summed E-state index contributed by atoms with van der Waals surface area (Å²) >= 11 is 0. The van der Waals surface area contributed by atoms with Crippen LogP contribution in [0.15, 0.2) is 0 Å². The minimum atomic E-state index is -4.07. The lowest BCUT2D eigenvalue weighted by molar-refractivity contribution is -0.148. The number of nitrogens with one attached hydrogen (secondary N) is 1. The van der Waals surface area contributed by atoms with Gasteiger partial charge in [-0.25, -0.2) is 0 Å². The molecule has 1 aliphatic carbocycles. The second-order valence-corrected chi connectivity index (χ2v) is 5.73. The highest BCUT2D eigenvalue weighted by molar-refractivity contribution is 4.89. The zero-order valence-electron chi connectivity index (χ0n) is 11.0. The Labute approximate surface area is 107 Å². The first-order chi connectivity index (χ1) is 8.48. The normalized spacial score (nSPS) is 29.8. The molecule has 2 nitrogen and oxygen atoms in total. The lowest BCUT2D eigenvalue weighted by atomic mass is 9.90. The van der Waals surface area contributed by atoms with Crippen LogP contribution in [0.2, 0.25) is 0 Å². The molecule has 106 valence electrons. The number of hydrogen-bond acceptors (Lipinski definition) is 2.